The second kappa shape index (κ2) is 6.69. The maximum absolute atomic E-state index is 5.86. The molecule has 0 aromatic carbocycles. The first-order valence-corrected chi connectivity index (χ1v) is 6.38. The SMILES string of the molecule is CCC(CC)N(CCCl)c1ccnc(C)n1. The van der Waals surface area contributed by atoms with Crippen molar-refractivity contribution in [2.24, 2.45) is 0 Å². The maximum Gasteiger partial charge on any atom is 0.132 e. The number of halogens is 1. The predicted octanol–water partition coefficient (Wildman–Crippen LogP) is 3.02. The number of nitrogens with zero attached hydrogens (tertiary/aromatic N) is 3. The highest BCUT2D eigenvalue weighted by Crippen LogP contribution is 2.17. The molecule has 90 valence electrons. The molecule has 1 aromatic rings. The van der Waals surface area contributed by atoms with Crippen molar-refractivity contribution in [2.45, 2.75) is 39.7 Å². The third-order valence-corrected chi connectivity index (χ3v) is 2.93. The van der Waals surface area contributed by atoms with Crippen LogP contribution < -0.4 is 4.90 Å². The Morgan fingerprint density at radius 1 is 1.38 bits per heavy atom. The van der Waals surface area contributed by atoms with Crippen molar-refractivity contribution >= 4 is 17.4 Å². The first-order chi connectivity index (χ1) is 7.72. The molecule has 0 spiro atoms. The topological polar surface area (TPSA) is 29.0 Å². The number of aromatic nitrogens is 2. The van der Waals surface area contributed by atoms with E-state index in [9.17, 15) is 0 Å². The van der Waals surface area contributed by atoms with Gasteiger partial charge in [0, 0.05) is 24.7 Å². The van der Waals surface area contributed by atoms with Crippen molar-refractivity contribution in [3.05, 3.63) is 18.1 Å². The number of aryl methyl sites for hydroxylation is 1. The molecule has 0 saturated carbocycles. The number of alkyl halides is 1. The van der Waals surface area contributed by atoms with Crippen molar-refractivity contribution in [2.75, 3.05) is 17.3 Å². The second-order valence-electron chi connectivity index (χ2n) is 3.81. The van der Waals surface area contributed by atoms with E-state index in [0.717, 1.165) is 31.0 Å². The average molecular weight is 242 g/mol. The highest BCUT2D eigenvalue weighted by molar-refractivity contribution is 6.18. The summed E-state index contributed by atoms with van der Waals surface area (Å²) in [6, 6.07) is 2.46. The van der Waals surface area contributed by atoms with Crippen LogP contribution in [0.1, 0.15) is 32.5 Å². The Kier molecular flexibility index (Phi) is 5.53. The fraction of sp³-hybridized carbons (Fsp3) is 0.667. The van der Waals surface area contributed by atoms with E-state index in [0.29, 0.717) is 11.9 Å². The largest absolute Gasteiger partial charge is 0.352 e. The van der Waals surface area contributed by atoms with Crippen LogP contribution in [-0.2, 0) is 0 Å². The molecule has 0 aliphatic heterocycles. The van der Waals surface area contributed by atoms with Crippen LogP contribution in [0.15, 0.2) is 12.3 Å². The normalized spacial score (nSPS) is 10.8. The third kappa shape index (κ3) is 3.34. The average Bonchev–Trinajstić information content (AvgIpc) is 2.29. The van der Waals surface area contributed by atoms with Crippen molar-refractivity contribution in [3.8, 4) is 0 Å². The molecule has 0 saturated heterocycles. The minimum atomic E-state index is 0.507. The standard InChI is InChI=1S/C12H20ClN3/c1-4-11(5-2)16(9-7-13)12-6-8-14-10(3)15-12/h6,8,11H,4-5,7,9H2,1-3H3. The van der Waals surface area contributed by atoms with Gasteiger partial charge in [0.05, 0.1) is 0 Å². The fourth-order valence-corrected chi connectivity index (χ4v) is 2.09. The smallest absolute Gasteiger partial charge is 0.132 e. The zero-order valence-corrected chi connectivity index (χ0v) is 11.0. The van der Waals surface area contributed by atoms with Gasteiger partial charge < -0.3 is 4.90 Å². The minimum absolute atomic E-state index is 0.507. The monoisotopic (exact) mass is 241 g/mol. The molecule has 0 bridgehead atoms. The van der Waals surface area contributed by atoms with Crippen LogP contribution in [0.25, 0.3) is 0 Å². The minimum Gasteiger partial charge on any atom is -0.352 e. The summed E-state index contributed by atoms with van der Waals surface area (Å²) >= 11 is 5.86. The van der Waals surface area contributed by atoms with Crippen LogP contribution in [-0.4, -0.2) is 28.4 Å². The Morgan fingerprint density at radius 3 is 2.56 bits per heavy atom. The molecule has 4 heteroatoms. The molecule has 0 N–H and O–H groups in total. The quantitative estimate of drug-likeness (QED) is 0.717. The van der Waals surface area contributed by atoms with E-state index in [4.69, 9.17) is 11.6 Å². The summed E-state index contributed by atoms with van der Waals surface area (Å²) in [4.78, 5) is 10.9. The zero-order chi connectivity index (χ0) is 12.0. The molecule has 0 amide bonds. The van der Waals surface area contributed by atoms with E-state index >= 15 is 0 Å². The molecule has 0 atom stereocenters. The Balaban J connectivity index is 2.91. The lowest BCUT2D eigenvalue weighted by Gasteiger charge is -2.31. The summed E-state index contributed by atoms with van der Waals surface area (Å²) in [5, 5.41) is 0. The highest BCUT2D eigenvalue weighted by Gasteiger charge is 2.16. The fourth-order valence-electron chi connectivity index (χ4n) is 1.91. The third-order valence-electron chi connectivity index (χ3n) is 2.76. The first kappa shape index (κ1) is 13.2. The van der Waals surface area contributed by atoms with Crippen LogP contribution in [0, 0.1) is 6.92 Å². The zero-order valence-electron chi connectivity index (χ0n) is 10.3. The van der Waals surface area contributed by atoms with Crippen LogP contribution in [0.5, 0.6) is 0 Å². The molecule has 0 aliphatic carbocycles. The van der Waals surface area contributed by atoms with Gasteiger partial charge in [-0.25, -0.2) is 9.97 Å². The molecule has 0 unspecified atom stereocenters. The van der Waals surface area contributed by atoms with Crippen LogP contribution in [0.4, 0.5) is 5.82 Å². The van der Waals surface area contributed by atoms with Gasteiger partial charge in [0.15, 0.2) is 0 Å². The highest BCUT2D eigenvalue weighted by atomic mass is 35.5. The van der Waals surface area contributed by atoms with Gasteiger partial charge in [0.25, 0.3) is 0 Å². The lowest BCUT2D eigenvalue weighted by molar-refractivity contribution is 0.561. The maximum atomic E-state index is 5.86. The van der Waals surface area contributed by atoms with Gasteiger partial charge in [-0.2, -0.15) is 0 Å². The number of anilines is 1. The van der Waals surface area contributed by atoms with Gasteiger partial charge in [0.2, 0.25) is 0 Å². The molecular formula is C12H20ClN3. The van der Waals surface area contributed by atoms with Gasteiger partial charge in [-0.15, -0.1) is 11.6 Å². The van der Waals surface area contributed by atoms with Crippen molar-refractivity contribution in [3.63, 3.8) is 0 Å². The number of hydrogen-bond donors (Lipinski definition) is 0. The summed E-state index contributed by atoms with van der Waals surface area (Å²) < 4.78 is 0. The molecule has 0 aliphatic rings. The van der Waals surface area contributed by atoms with Gasteiger partial charge in [-0.05, 0) is 25.8 Å². The van der Waals surface area contributed by atoms with Gasteiger partial charge in [-0.3, -0.25) is 0 Å². The summed E-state index contributed by atoms with van der Waals surface area (Å²) in [6.07, 6.45) is 4.02. The lowest BCUT2D eigenvalue weighted by Crippen LogP contribution is -2.36. The van der Waals surface area contributed by atoms with Crippen LogP contribution in [0.3, 0.4) is 0 Å². The molecule has 1 heterocycles. The van der Waals surface area contributed by atoms with E-state index < -0.39 is 0 Å². The number of rotatable bonds is 6. The number of hydrogen-bond acceptors (Lipinski definition) is 3. The molecular weight excluding hydrogens is 222 g/mol. The van der Waals surface area contributed by atoms with Crippen LogP contribution in [0.2, 0.25) is 0 Å². The lowest BCUT2D eigenvalue weighted by atomic mass is 10.1. The Labute approximate surface area is 103 Å². The van der Waals surface area contributed by atoms with E-state index in [2.05, 4.69) is 28.7 Å². The molecule has 1 rings (SSSR count). The second-order valence-corrected chi connectivity index (χ2v) is 4.19. The summed E-state index contributed by atoms with van der Waals surface area (Å²) in [7, 11) is 0. The van der Waals surface area contributed by atoms with E-state index in [1.54, 1.807) is 6.20 Å². The summed E-state index contributed by atoms with van der Waals surface area (Å²) in [6.45, 7) is 7.15. The van der Waals surface area contributed by atoms with Crippen LogP contribution >= 0.6 is 11.6 Å². The molecule has 16 heavy (non-hydrogen) atoms. The Hall–Kier alpha value is -0.830. The molecule has 3 nitrogen and oxygen atoms in total. The summed E-state index contributed by atoms with van der Waals surface area (Å²) in [5.74, 6) is 2.42. The van der Waals surface area contributed by atoms with Crippen molar-refractivity contribution in [1.82, 2.24) is 9.97 Å². The molecule has 0 radical (unpaired) electrons. The van der Waals surface area contributed by atoms with Gasteiger partial charge >= 0.3 is 0 Å². The van der Waals surface area contributed by atoms with Gasteiger partial charge in [-0.1, -0.05) is 13.8 Å². The predicted molar refractivity (Wildman–Crippen MR) is 69.2 cm³/mol. The van der Waals surface area contributed by atoms with Crippen molar-refractivity contribution in [1.29, 1.82) is 0 Å². The first-order valence-electron chi connectivity index (χ1n) is 5.85. The van der Waals surface area contributed by atoms with Crippen molar-refractivity contribution < 1.29 is 0 Å². The summed E-state index contributed by atoms with van der Waals surface area (Å²) in [5.41, 5.74) is 0. The molecule has 0 fully saturated rings. The Morgan fingerprint density at radius 2 is 2.06 bits per heavy atom. The van der Waals surface area contributed by atoms with E-state index in [1.807, 2.05) is 13.0 Å². The van der Waals surface area contributed by atoms with E-state index in [1.165, 1.54) is 0 Å². The van der Waals surface area contributed by atoms with Gasteiger partial charge in [0.1, 0.15) is 11.6 Å². The Bertz CT molecular complexity index is 313. The van der Waals surface area contributed by atoms with E-state index in [-0.39, 0.29) is 0 Å². The molecule has 1 aromatic heterocycles.